The van der Waals surface area contributed by atoms with Gasteiger partial charge in [-0.3, -0.25) is 14.5 Å². The Morgan fingerprint density at radius 3 is 2.30 bits per heavy atom. The number of halogens is 2. The van der Waals surface area contributed by atoms with Crippen LogP contribution in [0.25, 0.3) is 0 Å². The van der Waals surface area contributed by atoms with Gasteiger partial charge in [0.05, 0.1) is 6.54 Å². The Bertz CT molecular complexity index is 591. The molecule has 0 aliphatic carbocycles. The fourth-order valence-electron chi connectivity index (χ4n) is 3.31. The summed E-state index contributed by atoms with van der Waals surface area (Å²) in [4.78, 5) is 28.6. The Kier molecular flexibility index (Phi) is 10.1. The van der Waals surface area contributed by atoms with Gasteiger partial charge in [-0.15, -0.1) is 24.8 Å². The van der Waals surface area contributed by atoms with E-state index in [4.69, 9.17) is 0 Å². The average Bonchev–Trinajstić information content (AvgIpc) is 2.59. The Morgan fingerprint density at radius 1 is 1.11 bits per heavy atom. The van der Waals surface area contributed by atoms with Crippen LogP contribution in [0.3, 0.4) is 0 Å². The molecule has 1 atom stereocenters. The molecule has 2 aliphatic heterocycles. The molecule has 2 N–H and O–H groups in total. The lowest BCUT2D eigenvalue weighted by molar-refractivity contribution is -0.135. The average molecular weight is 417 g/mol. The molecule has 2 aliphatic rings. The molecule has 2 saturated heterocycles. The van der Waals surface area contributed by atoms with Crippen molar-refractivity contribution in [2.75, 3.05) is 45.8 Å². The third-order valence-electron chi connectivity index (χ3n) is 5.32. The number of carbonyl (C=O) groups excluding carboxylic acids is 2. The van der Waals surface area contributed by atoms with Gasteiger partial charge < -0.3 is 15.5 Å². The molecule has 3 rings (SSSR count). The lowest BCUT2D eigenvalue weighted by atomic mass is 9.88. The number of nitrogens with one attached hydrogen (secondary N) is 2. The zero-order valence-electron chi connectivity index (χ0n) is 15.7. The minimum absolute atomic E-state index is 0. The van der Waals surface area contributed by atoms with E-state index in [2.05, 4.69) is 39.8 Å². The van der Waals surface area contributed by atoms with Crippen LogP contribution in [0, 0.1) is 11.8 Å². The van der Waals surface area contributed by atoms with Crippen molar-refractivity contribution < 1.29 is 9.59 Å². The number of nitrogens with zero attached hydrogens (tertiary/aromatic N) is 2. The summed E-state index contributed by atoms with van der Waals surface area (Å²) >= 11 is 0. The molecule has 1 unspecified atom stereocenters. The molecule has 27 heavy (non-hydrogen) atoms. The van der Waals surface area contributed by atoms with Crippen molar-refractivity contribution in [1.82, 2.24) is 20.4 Å². The third kappa shape index (κ3) is 6.64. The van der Waals surface area contributed by atoms with Crippen molar-refractivity contribution in [2.24, 2.45) is 11.8 Å². The second-order valence-corrected chi connectivity index (χ2v) is 7.07. The first-order valence-electron chi connectivity index (χ1n) is 9.16. The molecule has 2 amide bonds. The highest BCUT2D eigenvalue weighted by Gasteiger charge is 2.29. The van der Waals surface area contributed by atoms with Crippen molar-refractivity contribution in [2.45, 2.75) is 13.5 Å². The first-order chi connectivity index (χ1) is 12.1. The highest BCUT2D eigenvalue weighted by atomic mass is 35.5. The van der Waals surface area contributed by atoms with E-state index in [1.54, 1.807) is 0 Å². The van der Waals surface area contributed by atoms with Gasteiger partial charge >= 0.3 is 0 Å². The van der Waals surface area contributed by atoms with Crippen molar-refractivity contribution in [1.29, 1.82) is 0 Å². The number of piperazine rings is 1. The Balaban J connectivity index is 0.00000182. The van der Waals surface area contributed by atoms with Crippen molar-refractivity contribution in [3.63, 3.8) is 0 Å². The van der Waals surface area contributed by atoms with Crippen LogP contribution >= 0.6 is 24.8 Å². The smallest absolute Gasteiger partial charge is 0.242 e. The van der Waals surface area contributed by atoms with Gasteiger partial charge in [0.1, 0.15) is 0 Å². The molecule has 6 nitrogen and oxygen atoms in total. The van der Waals surface area contributed by atoms with E-state index in [1.165, 1.54) is 5.56 Å². The van der Waals surface area contributed by atoms with E-state index in [9.17, 15) is 9.59 Å². The molecule has 0 radical (unpaired) electrons. The summed E-state index contributed by atoms with van der Waals surface area (Å²) in [6.07, 6.45) is 0. The van der Waals surface area contributed by atoms with E-state index in [1.807, 2.05) is 17.9 Å². The minimum atomic E-state index is -0.0308. The summed E-state index contributed by atoms with van der Waals surface area (Å²) in [6, 6.07) is 10.4. The van der Waals surface area contributed by atoms with E-state index in [0.717, 1.165) is 45.8 Å². The molecule has 1 aromatic carbocycles. The van der Waals surface area contributed by atoms with Gasteiger partial charge in [0, 0.05) is 38.6 Å². The quantitative estimate of drug-likeness (QED) is 0.729. The molecule has 0 aromatic heterocycles. The number of rotatable bonds is 6. The molecular weight excluding hydrogens is 387 g/mol. The first-order valence-corrected chi connectivity index (χ1v) is 9.16. The van der Waals surface area contributed by atoms with Crippen LogP contribution in [0.4, 0.5) is 0 Å². The lowest BCUT2D eigenvalue weighted by Gasteiger charge is -2.35. The highest BCUT2D eigenvalue weighted by molar-refractivity contribution is 5.86. The van der Waals surface area contributed by atoms with Crippen LogP contribution in [-0.4, -0.2) is 67.4 Å². The number of hydrogen-bond donors (Lipinski definition) is 2. The fourth-order valence-corrected chi connectivity index (χ4v) is 3.31. The Morgan fingerprint density at radius 2 is 1.74 bits per heavy atom. The standard InChI is InChI=1S/C19H28N4O2.2ClH/c1-15(17-11-20-12-17)19(25)21-13-18(24)23-9-7-22(8-10-23)14-16-5-3-2-4-6-16;;/h2-6,15,17,20H,7-14H2,1H3,(H,21,25);2*1H. The van der Waals surface area contributed by atoms with Crippen LogP contribution in [-0.2, 0) is 16.1 Å². The van der Waals surface area contributed by atoms with Crippen molar-refractivity contribution in [3.8, 4) is 0 Å². The summed E-state index contributed by atoms with van der Waals surface area (Å²) < 4.78 is 0. The lowest BCUT2D eigenvalue weighted by Crippen LogP contribution is -2.53. The maximum absolute atomic E-state index is 12.3. The molecular formula is C19H30Cl2N4O2. The molecule has 8 heteroatoms. The molecule has 152 valence electrons. The zero-order valence-corrected chi connectivity index (χ0v) is 17.4. The van der Waals surface area contributed by atoms with Gasteiger partial charge in [0.15, 0.2) is 0 Å². The minimum Gasteiger partial charge on any atom is -0.347 e. The van der Waals surface area contributed by atoms with Crippen molar-refractivity contribution >= 4 is 36.6 Å². The van der Waals surface area contributed by atoms with Gasteiger partial charge in [0.2, 0.25) is 11.8 Å². The molecule has 1 aromatic rings. The van der Waals surface area contributed by atoms with Crippen LogP contribution in [0.2, 0.25) is 0 Å². The van der Waals surface area contributed by atoms with E-state index >= 15 is 0 Å². The van der Waals surface area contributed by atoms with E-state index < -0.39 is 0 Å². The summed E-state index contributed by atoms with van der Waals surface area (Å²) in [7, 11) is 0. The van der Waals surface area contributed by atoms with Crippen LogP contribution < -0.4 is 10.6 Å². The molecule has 2 fully saturated rings. The predicted molar refractivity (Wildman–Crippen MR) is 111 cm³/mol. The van der Waals surface area contributed by atoms with Crippen LogP contribution in [0.15, 0.2) is 30.3 Å². The van der Waals surface area contributed by atoms with E-state index in [0.29, 0.717) is 5.92 Å². The zero-order chi connectivity index (χ0) is 17.6. The summed E-state index contributed by atoms with van der Waals surface area (Å²) in [5.41, 5.74) is 1.30. The number of amides is 2. The topological polar surface area (TPSA) is 64.7 Å². The van der Waals surface area contributed by atoms with Gasteiger partial charge in [-0.2, -0.15) is 0 Å². The summed E-state index contributed by atoms with van der Waals surface area (Å²) in [5.74, 6) is 0.377. The van der Waals surface area contributed by atoms with Crippen LogP contribution in [0.1, 0.15) is 12.5 Å². The monoisotopic (exact) mass is 416 g/mol. The SMILES string of the molecule is CC(C(=O)NCC(=O)N1CCN(Cc2ccccc2)CC1)C1CNC1.Cl.Cl. The van der Waals surface area contributed by atoms with Gasteiger partial charge in [-0.1, -0.05) is 37.3 Å². The maximum Gasteiger partial charge on any atom is 0.242 e. The van der Waals surface area contributed by atoms with Gasteiger partial charge in [-0.05, 0) is 24.6 Å². The predicted octanol–water partition coefficient (Wildman–Crippen LogP) is 1.15. The van der Waals surface area contributed by atoms with Gasteiger partial charge in [0.25, 0.3) is 0 Å². The molecule has 2 heterocycles. The second kappa shape index (κ2) is 11.5. The largest absolute Gasteiger partial charge is 0.347 e. The van der Waals surface area contributed by atoms with Crippen molar-refractivity contribution in [3.05, 3.63) is 35.9 Å². The molecule has 0 saturated carbocycles. The second-order valence-electron chi connectivity index (χ2n) is 7.07. The summed E-state index contributed by atoms with van der Waals surface area (Å²) in [5, 5.41) is 5.98. The highest BCUT2D eigenvalue weighted by Crippen LogP contribution is 2.15. The first kappa shape index (κ1) is 23.7. The fraction of sp³-hybridized carbons (Fsp3) is 0.579. The molecule has 0 bridgehead atoms. The maximum atomic E-state index is 12.3. The molecule has 0 spiro atoms. The summed E-state index contributed by atoms with van der Waals surface area (Å²) in [6.45, 7) is 7.96. The Labute approximate surface area is 173 Å². The Hall–Kier alpha value is -1.34. The normalized spacial score (nSPS) is 18.5. The third-order valence-corrected chi connectivity index (χ3v) is 5.32. The number of benzene rings is 1. The number of hydrogen-bond acceptors (Lipinski definition) is 4. The van der Waals surface area contributed by atoms with Gasteiger partial charge in [-0.25, -0.2) is 0 Å². The van der Waals surface area contributed by atoms with Crippen LogP contribution in [0.5, 0.6) is 0 Å². The van der Waals surface area contributed by atoms with E-state index in [-0.39, 0.29) is 49.1 Å². The number of carbonyl (C=O) groups is 2.